The molecule has 1 unspecified atom stereocenters. The Morgan fingerprint density at radius 2 is 1.88 bits per heavy atom. The highest BCUT2D eigenvalue weighted by molar-refractivity contribution is 7.99. The number of nitrogens with one attached hydrogen (secondary N) is 2. The first-order chi connectivity index (χ1) is 15.8. The number of carbonyl (C=O) groups excluding carboxylic acids is 2. The number of hydrogen-bond donors (Lipinski definition) is 3. The number of aromatic nitrogens is 3. The lowest BCUT2D eigenvalue weighted by molar-refractivity contribution is -0.113. The minimum Gasteiger partial charge on any atom is -0.497 e. The SMILES string of the molecule is COc1ccc(C(=O)NC(CO)c2nnc(SCC(=O)Nc3cc(C)ccc3C)n2C)cc1. The predicted octanol–water partition coefficient (Wildman–Crippen LogP) is 2.63. The third kappa shape index (κ3) is 6.11. The summed E-state index contributed by atoms with van der Waals surface area (Å²) in [6.45, 7) is 3.55. The van der Waals surface area contributed by atoms with Gasteiger partial charge in [0.05, 0.1) is 19.5 Å². The monoisotopic (exact) mass is 469 g/mol. The molecular formula is C23H27N5O4S. The van der Waals surface area contributed by atoms with E-state index in [1.807, 2.05) is 32.0 Å². The van der Waals surface area contributed by atoms with E-state index in [4.69, 9.17) is 4.74 Å². The first-order valence-electron chi connectivity index (χ1n) is 10.3. The lowest BCUT2D eigenvalue weighted by Gasteiger charge is -2.16. The number of nitrogens with zero attached hydrogens (tertiary/aromatic N) is 3. The zero-order valence-electron chi connectivity index (χ0n) is 19.0. The van der Waals surface area contributed by atoms with Crippen molar-refractivity contribution in [3.05, 3.63) is 65.0 Å². The van der Waals surface area contributed by atoms with Crippen LogP contribution in [0.4, 0.5) is 5.69 Å². The molecule has 1 heterocycles. The molecule has 0 aliphatic heterocycles. The van der Waals surface area contributed by atoms with Gasteiger partial charge in [-0.05, 0) is 55.3 Å². The van der Waals surface area contributed by atoms with Crippen LogP contribution in [0.5, 0.6) is 5.75 Å². The number of thioether (sulfide) groups is 1. The number of benzene rings is 2. The zero-order chi connectivity index (χ0) is 24.0. The van der Waals surface area contributed by atoms with Crippen molar-refractivity contribution in [3.63, 3.8) is 0 Å². The van der Waals surface area contributed by atoms with Crippen LogP contribution in [0.3, 0.4) is 0 Å². The first kappa shape index (κ1) is 24.3. The van der Waals surface area contributed by atoms with Crippen LogP contribution in [0.15, 0.2) is 47.6 Å². The van der Waals surface area contributed by atoms with Gasteiger partial charge >= 0.3 is 0 Å². The largest absolute Gasteiger partial charge is 0.497 e. The van der Waals surface area contributed by atoms with E-state index in [0.717, 1.165) is 16.8 Å². The fourth-order valence-electron chi connectivity index (χ4n) is 3.12. The van der Waals surface area contributed by atoms with E-state index in [-0.39, 0.29) is 24.2 Å². The number of methoxy groups -OCH3 is 1. The molecule has 174 valence electrons. The van der Waals surface area contributed by atoms with Gasteiger partial charge in [-0.2, -0.15) is 0 Å². The molecule has 1 aromatic heterocycles. The van der Waals surface area contributed by atoms with Gasteiger partial charge < -0.3 is 25.0 Å². The molecule has 0 fully saturated rings. The topological polar surface area (TPSA) is 118 Å². The summed E-state index contributed by atoms with van der Waals surface area (Å²) in [7, 11) is 3.27. The van der Waals surface area contributed by atoms with Gasteiger partial charge in [-0.15, -0.1) is 10.2 Å². The average Bonchev–Trinajstić information content (AvgIpc) is 3.18. The molecule has 10 heteroatoms. The normalized spacial score (nSPS) is 11.7. The third-order valence-corrected chi connectivity index (χ3v) is 6.04. The molecule has 0 saturated heterocycles. The second kappa shape index (κ2) is 11.0. The van der Waals surface area contributed by atoms with Gasteiger partial charge in [0, 0.05) is 18.3 Å². The average molecular weight is 470 g/mol. The van der Waals surface area contributed by atoms with Crippen LogP contribution in [0, 0.1) is 13.8 Å². The van der Waals surface area contributed by atoms with Crippen molar-refractivity contribution < 1.29 is 19.4 Å². The molecule has 0 aliphatic rings. The second-order valence-corrected chi connectivity index (χ2v) is 8.43. The molecule has 0 saturated carbocycles. The summed E-state index contributed by atoms with van der Waals surface area (Å²) in [6, 6.07) is 11.8. The molecule has 33 heavy (non-hydrogen) atoms. The highest BCUT2D eigenvalue weighted by Crippen LogP contribution is 2.21. The Hall–Kier alpha value is -3.37. The van der Waals surface area contributed by atoms with E-state index < -0.39 is 6.04 Å². The van der Waals surface area contributed by atoms with Crippen LogP contribution < -0.4 is 15.4 Å². The minimum absolute atomic E-state index is 0.140. The van der Waals surface area contributed by atoms with E-state index in [0.29, 0.717) is 22.3 Å². The van der Waals surface area contributed by atoms with E-state index in [2.05, 4.69) is 20.8 Å². The molecule has 9 nitrogen and oxygen atoms in total. The molecule has 0 aliphatic carbocycles. The van der Waals surface area contributed by atoms with Gasteiger partial charge in [-0.25, -0.2) is 0 Å². The summed E-state index contributed by atoms with van der Waals surface area (Å²) < 4.78 is 6.76. The summed E-state index contributed by atoms with van der Waals surface area (Å²) in [5.74, 6) is 0.645. The Morgan fingerprint density at radius 3 is 2.55 bits per heavy atom. The zero-order valence-corrected chi connectivity index (χ0v) is 19.8. The molecular weight excluding hydrogens is 442 g/mol. The van der Waals surface area contributed by atoms with Gasteiger partial charge in [0.15, 0.2) is 11.0 Å². The van der Waals surface area contributed by atoms with Crippen molar-refractivity contribution in [1.29, 1.82) is 0 Å². The van der Waals surface area contributed by atoms with E-state index in [1.54, 1.807) is 43.0 Å². The number of carbonyl (C=O) groups is 2. The van der Waals surface area contributed by atoms with Crippen molar-refractivity contribution in [2.24, 2.45) is 7.05 Å². The third-order valence-electron chi connectivity index (χ3n) is 5.02. The molecule has 0 bridgehead atoms. The Bertz CT molecular complexity index is 1130. The van der Waals surface area contributed by atoms with Gasteiger partial charge in [-0.1, -0.05) is 23.9 Å². The van der Waals surface area contributed by atoms with E-state index in [1.165, 1.54) is 11.8 Å². The Labute approximate surface area is 196 Å². The number of anilines is 1. The summed E-state index contributed by atoms with van der Waals surface area (Å²) in [5.41, 5.74) is 3.25. The minimum atomic E-state index is -0.754. The van der Waals surface area contributed by atoms with E-state index >= 15 is 0 Å². The second-order valence-electron chi connectivity index (χ2n) is 7.49. The van der Waals surface area contributed by atoms with Crippen molar-refractivity contribution in [3.8, 4) is 5.75 Å². The molecule has 1 atom stereocenters. The van der Waals surface area contributed by atoms with Gasteiger partial charge in [-0.3, -0.25) is 9.59 Å². The molecule has 3 rings (SSSR count). The number of aryl methyl sites for hydroxylation is 2. The van der Waals surface area contributed by atoms with Crippen molar-refractivity contribution >= 4 is 29.3 Å². The number of aliphatic hydroxyl groups excluding tert-OH is 1. The molecule has 3 aromatic rings. The summed E-state index contributed by atoms with van der Waals surface area (Å²) in [4.78, 5) is 25.0. The number of amides is 2. The number of ether oxygens (including phenoxy) is 1. The van der Waals surface area contributed by atoms with Crippen LogP contribution in [-0.2, 0) is 11.8 Å². The number of hydrogen-bond acceptors (Lipinski definition) is 7. The molecule has 0 spiro atoms. The van der Waals surface area contributed by atoms with Crippen LogP contribution >= 0.6 is 11.8 Å². The Balaban J connectivity index is 1.62. The lowest BCUT2D eigenvalue weighted by atomic mass is 10.1. The van der Waals surface area contributed by atoms with Crippen LogP contribution in [0.25, 0.3) is 0 Å². The molecule has 3 N–H and O–H groups in total. The summed E-state index contributed by atoms with van der Waals surface area (Å²) in [5, 5.41) is 24.2. The van der Waals surface area contributed by atoms with Crippen molar-refractivity contribution in [1.82, 2.24) is 20.1 Å². The van der Waals surface area contributed by atoms with E-state index in [9.17, 15) is 14.7 Å². The molecule has 0 radical (unpaired) electrons. The van der Waals surface area contributed by atoms with Gasteiger partial charge in [0.25, 0.3) is 5.91 Å². The maximum atomic E-state index is 12.6. The maximum Gasteiger partial charge on any atom is 0.251 e. The quantitative estimate of drug-likeness (QED) is 0.412. The van der Waals surface area contributed by atoms with Crippen molar-refractivity contribution in [2.75, 3.05) is 24.8 Å². The van der Waals surface area contributed by atoms with Crippen LogP contribution in [-0.4, -0.2) is 51.2 Å². The standard InChI is InChI=1S/C23H27N5O4S/c1-14-5-6-15(2)18(11-14)24-20(30)13-33-23-27-26-21(28(23)3)19(12-29)25-22(31)16-7-9-17(32-4)10-8-16/h5-11,19,29H,12-13H2,1-4H3,(H,24,30)(H,25,31). The Kier molecular flexibility index (Phi) is 8.07. The smallest absolute Gasteiger partial charge is 0.251 e. The first-order valence-corrected chi connectivity index (χ1v) is 11.3. The van der Waals surface area contributed by atoms with Gasteiger partial charge in [0.1, 0.15) is 11.8 Å². The highest BCUT2D eigenvalue weighted by atomic mass is 32.2. The van der Waals surface area contributed by atoms with Crippen molar-refractivity contribution in [2.45, 2.75) is 25.0 Å². The number of rotatable bonds is 9. The summed E-state index contributed by atoms with van der Waals surface area (Å²) in [6.07, 6.45) is 0. The summed E-state index contributed by atoms with van der Waals surface area (Å²) >= 11 is 1.22. The Morgan fingerprint density at radius 1 is 1.15 bits per heavy atom. The number of aliphatic hydroxyl groups is 1. The molecule has 2 amide bonds. The van der Waals surface area contributed by atoms with Gasteiger partial charge in [0.2, 0.25) is 5.91 Å². The predicted molar refractivity (Wildman–Crippen MR) is 127 cm³/mol. The van der Waals surface area contributed by atoms with Crippen LogP contribution in [0.2, 0.25) is 0 Å². The molecule has 2 aromatic carbocycles. The highest BCUT2D eigenvalue weighted by Gasteiger charge is 2.22. The maximum absolute atomic E-state index is 12.6. The fraction of sp³-hybridized carbons (Fsp3) is 0.304. The lowest BCUT2D eigenvalue weighted by Crippen LogP contribution is -2.32. The van der Waals surface area contributed by atoms with Crippen LogP contribution in [0.1, 0.15) is 33.4 Å². The fourth-order valence-corrected chi connectivity index (χ4v) is 3.84.